The normalized spacial score (nSPS) is 29.2. The van der Waals surface area contributed by atoms with Crippen molar-refractivity contribution in [2.75, 3.05) is 26.3 Å². The topological polar surface area (TPSA) is 45.9 Å². The molecule has 126 valence electrons. The molecular weight excluding hydrogens is 292 g/mol. The summed E-state index contributed by atoms with van der Waals surface area (Å²) in [4.78, 5) is 17.5. The molecule has 0 N–H and O–H groups in total. The van der Waals surface area contributed by atoms with Gasteiger partial charge in [-0.15, -0.1) is 0 Å². The lowest BCUT2D eigenvalue weighted by Gasteiger charge is -2.30. The molecule has 5 heteroatoms. The van der Waals surface area contributed by atoms with Crippen molar-refractivity contribution in [3.05, 3.63) is 23.7 Å². The summed E-state index contributed by atoms with van der Waals surface area (Å²) in [7, 11) is 0. The molecular formula is C18H26N2O3. The number of carbonyl (C=O) groups is 1. The number of hydrogen-bond donors (Lipinski definition) is 0. The molecule has 0 radical (unpaired) electrons. The summed E-state index contributed by atoms with van der Waals surface area (Å²) in [6.45, 7) is 6.31. The van der Waals surface area contributed by atoms with E-state index in [0.717, 1.165) is 70.1 Å². The highest BCUT2D eigenvalue weighted by molar-refractivity contribution is 5.79. The van der Waals surface area contributed by atoms with E-state index < -0.39 is 0 Å². The van der Waals surface area contributed by atoms with Crippen molar-refractivity contribution in [2.24, 2.45) is 5.92 Å². The van der Waals surface area contributed by atoms with E-state index >= 15 is 0 Å². The maximum absolute atomic E-state index is 12.8. The average molecular weight is 318 g/mol. The van der Waals surface area contributed by atoms with Gasteiger partial charge < -0.3 is 14.1 Å². The van der Waals surface area contributed by atoms with Crippen LogP contribution in [0.1, 0.15) is 37.2 Å². The van der Waals surface area contributed by atoms with E-state index in [1.165, 1.54) is 0 Å². The number of amides is 1. The van der Waals surface area contributed by atoms with Gasteiger partial charge in [0.1, 0.15) is 11.5 Å². The molecule has 4 heterocycles. The zero-order chi connectivity index (χ0) is 15.8. The van der Waals surface area contributed by atoms with E-state index in [1.54, 1.807) is 0 Å². The Labute approximate surface area is 137 Å². The SMILES string of the molecule is Cc1ccc(CN2CC[C@@H]3[C@@H]2CCN3C(=O)C2CCOCC2)o1. The average Bonchev–Trinajstić information content (AvgIpc) is 3.26. The molecule has 0 saturated carbocycles. The molecule has 3 aliphatic rings. The van der Waals surface area contributed by atoms with Crippen molar-refractivity contribution in [1.29, 1.82) is 0 Å². The second-order valence-corrected chi connectivity index (χ2v) is 7.11. The van der Waals surface area contributed by atoms with Gasteiger partial charge in [0.2, 0.25) is 5.91 Å². The fourth-order valence-electron chi connectivity index (χ4n) is 4.49. The van der Waals surface area contributed by atoms with Crippen molar-refractivity contribution >= 4 is 5.91 Å². The predicted molar refractivity (Wildman–Crippen MR) is 85.9 cm³/mol. The van der Waals surface area contributed by atoms with Gasteiger partial charge in [-0.25, -0.2) is 0 Å². The third kappa shape index (κ3) is 2.92. The second-order valence-electron chi connectivity index (χ2n) is 7.11. The molecule has 3 fully saturated rings. The van der Waals surface area contributed by atoms with Crippen LogP contribution in [0.15, 0.2) is 16.5 Å². The molecule has 0 aliphatic carbocycles. The lowest BCUT2D eigenvalue weighted by Crippen LogP contribution is -2.43. The van der Waals surface area contributed by atoms with E-state index in [2.05, 4.69) is 15.9 Å². The maximum atomic E-state index is 12.8. The van der Waals surface area contributed by atoms with Gasteiger partial charge in [0.05, 0.1) is 6.54 Å². The van der Waals surface area contributed by atoms with E-state index in [4.69, 9.17) is 9.15 Å². The number of furan rings is 1. The molecule has 2 atom stereocenters. The minimum atomic E-state index is 0.185. The quantitative estimate of drug-likeness (QED) is 0.857. The molecule has 1 amide bonds. The van der Waals surface area contributed by atoms with Gasteiger partial charge in [0.15, 0.2) is 0 Å². The van der Waals surface area contributed by atoms with Crippen LogP contribution in [0, 0.1) is 12.8 Å². The minimum absolute atomic E-state index is 0.185. The summed E-state index contributed by atoms with van der Waals surface area (Å²) in [5, 5.41) is 0. The Bertz CT molecular complexity index is 564. The Morgan fingerprint density at radius 2 is 1.91 bits per heavy atom. The Morgan fingerprint density at radius 3 is 2.65 bits per heavy atom. The number of nitrogens with zero attached hydrogens (tertiary/aromatic N) is 2. The van der Waals surface area contributed by atoms with E-state index in [1.807, 2.05) is 13.0 Å². The van der Waals surface area contributed by atoms with Gasteiger partial charge in [-0.1, -0.05) is 0 Å². The van der Waals surface area contributed by atoms with Gasteiger partial charge in [0, 0.05) is 44.3 Å². The summed E-state index contributed by atoms with van der Waals surface area (Å²) in [5.41, 5.74) is 0. The minimum Gasteiger partial charge on any atom is -0.465 e. The van der Waals surface area contributed by atoms with Gasteiger partial charge in [-0.2, -0.15) is 0 Å². The van der Waals surface area contributed by atoms with Gasteiger partial charge in [-0.3, -0.25) is 9.69 Å². The molecule has 0 aromatic carbocycles. The summed E-state index contributed by atoms with van der Waals surface area (Å²) in [6, 6.07) is 5.01. The summed E-state index contributed by atoms with van der Waals surface area (Å²) in [5.74, 6) is 2.57. The van der Waals surface area contributed by atoms with E-state index in [0.29, 0.717) is 18.0 Å². The van der Waals surface area contributed by atoms with Crippen molar-refractivity contribution in [1.82, 2.24) is 9.80 Å². The number of hydrogen-bond acceptors (Lipinski definition) is 4. The zero-order valence-electron chi connectivity index (χ0n) is 13.9. The number of carbonyl (C=O) groups excluding carboxylic acids is 1. The van der Waals surface area contributed by atoms with Crippen LogP contribution in [0.25, 0.3) is 0 Å². The fraction of sp³-hybridized carbons (Fsp3) is 0.722. The van der Waals surface area contributed by atoms with E-state index in [-0.39, 0.29) is 5.92 Å². The third-order valence-electron chi connectivity index (χ3n) is 5.70. The van der Waals surface area contributed by atoms with Crippen molar-refractivity contribution < 1.29 is 13.9 Å². The highest BCUT2D eigenvalue weighted by atomic mass is 16.5. The first-order valence-electron chi connectivity index (χ1n) is 8.90. The van der Waals surface area contributed by atoms with E-state index in [9.17, 15) is 4.79 Å². The van der Waals surface area contributed by atoms with Crippen LogP contribution in [-0.2, 0) is 16.1 Å². The molecule has 0 unspecified atom stereocenters. The fourth-order valence-corrected chi connectivity index (χ4v) is 4.49. The molecule has 1 aromatic rings. The summed E-state index contributed by atoms with van der Waals surface area (Å²) < 4.78 is 11.1. The molecule has 4 rings (SSSR count). The van der Waals surface area contributed by atoms with Crippen LogP contribution in [0.4, 0.5) is 0 Å². The first-order chi connectivity index (χ1) is 11.2. The highest BCUT2D eigenvalue weighted by Crippen LogP contribution is 2.34. The Hall–Kier alpha value is -1.33. The molecule has 23 heavy (non-hydrogen) atoms. The van der Waals surface area contributed by atoms with Crippen molar-refractivity contribution in [2.45, 2.75) is 51.2 Å². The Kier molecular flexibility index (Phi) is 4.16. The maximum Gasteiger partial charge on any atom is 0.226 e. The van der Waals surface area contributed by atoms with Crippen molar-refractivity contribution in [3.8, 4) is 0 Å². The highest BCUT2D eigenvalue weighted by Gasteiger charge is 2.45. The van der Waals surface area contributed by atoms with Crippen LogP contribution in [0.5, 0.6) is 0 Å². The Balaban J connectivity index is 1.40. The standard InChI is InChI=1S/C18H26N2O3/c1-13-2-3-15(23-13)12-19-8-4-17-16(19)5-9-20(17)18(21)14-6-10-22-11-7-14/h2-3,14,16-17H,4-12H2,1H3/t16-,17+/m0/s1. The van der Waals surface area contributed by atoms with Gasteiger partial charge >= 0.3 is 0 Å². The van der Waals surface area contributed by atoms with Crippen LogP contribution >= 0.6 is 0 Å². The molecule has 3 aliphatic heterocycles. The summed E-state index contributed by atoms with van der Waals surface area (Å²) in [6.07, 6.45) is 3.98. The third-order valence-corrected chi connectivity index (χ3v) is 5.70. The van der Waals surface area contributed by atoms with Crippen molar-refractivity contribution in [3.63, 3.8) is 0 Å². The van der Waals surface area contributed by atoms with Crippen LogP contribution in [-0.4, -0.2) is 54.1 Å². The molecule has 1 aromatic heterocycles. The molecule has 0 spiro atoms. The number of fused-ring (bicyclic) bond motifs is 1. The second kappa shape index (κ2) is 6.29. The van der Waals surface area contributed by atoms with Crippen LogP contribution in [0.3, 0.4) is 0 Å². The Morgan fingerprint density at radius 1 is 1.13 bits per heavy atom. The molecule has 5 nitrogen and oxygen atoms in total. The van der Waals surface area contributed by atoms with Crippen LogP contribution < -0.4 is 0 Å². The first-order valence-corrected chi connectivity index (χ1v) is 8.90. The lowest BCUT2D eigenvalue weighted by atomic mass is 9.98. The summed E-state index contributed by atoms with van der Waals surface area (Å²) >= 11 is 0. The first kappa shape index (κ1) is 15.2. The largest absolute Gasteiger partial charge is 0.465 e. The predicted octanol–water partition coefficient (Wildman–Crippen LogP) is 2.19. The number of rotatable bonds is 3. The van der Waals surface area contributed by atoms with Crippen LogP contribution in [0.2, 0.25) is 0 Å². The molecule has 0 bridgehead atoms. The molecule has 3 saturated heterocycles. The lowest BCUT2D eigenvalue weighted by molar-refractivity contribution is -0.139. The van der Waals surface area contributed by atoms with Gasteiger partial charge in [-0.05, 0) is 44.7 Å². The number of ether oxygens (including phenoxy) is 1. The number of likely N-dealkylation sites (tertiary alicyclic amines) is 2. The monoisotopic (exact) mass is 318 g/mol. The zero-order valence-corrected chi connectivity index (χ0v) is 13.9. The van der Waals surface area contributed by atoms with Gasteiger partial charge in [0.25, 0.3) is 0 Å². The smallest absolute Gasteiger partial charge is 0.226 e. The number of aryl methyl sites for hydroxylation is 1.